The van der Waals surface area contributed by atoms with Gasteiger partial charge in [0, 0.05) is 19.7 Å². The van der Waals surface area contributed by atoms with Crippen LogP contribution in [0.4, 0.5) is 0 Å². The number of hydrogen-bond acceptors (Lipinski definition) is 3. The van der Waals surface area contributed by atoms with E-state index in [1.54, 1.807) is 4.68 Å². The highest BCUT2D eigenvalue weighted by atomic mass is 16.1. The Labute approximate surface area is 96.8 Å². The van der Waals surface area contributed by atoms with Crippen LogP contribution in [0.25, 0.3) is 0 Å². The Morgan fingerprint density at radius 2 is 2.12 bits per heavy atom. The number of hydrogen-bond donors (Lipinski definition) is 1. The molecule has 0 spiro atoms. The molecule has 0 bridgehead atoms. The van der Waals surface area contributed by atoms with E-state index in [0.717, 1.165) is 37.9 Å². The molecule has 0 radical (unpaired) electrons. The van der Waals surface area contributed by atoms with Gasteiger partial charge in [-0.2, -0.15) is 5.10 Å². The highest BCUT2D eigenvalue weighted by Crippen LogP contribution is 2.05. The first-order valence-corrected chi connectivity index (χ1v) is 5.92. The Kier molecular flexibility index (Phi) is 5.78. The molecular formula is C12H21N3O. The van der Waals surface area contributed by atoms with Crippen molar-refractivity contribution < 1.29 is 4.79 Å². The molecule has 1 heterocycles. The lowest BCUT2D eigenvalue weighted by Crippen LogP contribution is -2.04. The van der Waals surface area contributed by atoms with Gasteiger partial charge >= 0.3 is 0 Å². The van der Waals surface area contributed by atoms with Crippen LogP contribution in [-0.4, -0.2) is 22.1 Å². The zero-order chi connectivity index (χ0) is 11.8. The lowest BCUT2D eigenvalue weighted by molar-refractivity contribution is -0.118. The molecule has 4 nitrogen and oxygen atoms in total. The summed E-state index contributed by atoms with van der Waals surface area (Å²) in [5, 5.41) is 4.19. The van der Waals surface area contributed by atoms with Crippen molar-refractivity contribution in [1.29, 1.82) is 0 Å². The molecule has 90 valence electrons. The van der Waals surface area contributed by atoms with Gasteiger partial charge in [0.25, 0.3) is 0 Å². The Balaban J connectivity index is 2.11. The van der Waals surface area contributed by atoms with Crippen molar-refractivity contribution in [2.45, 2.75) is 38.5 Å². The van der Waals surface area contributed by atoms with Gasteiger partial charge in [0.15, 0.2) is 0 Å². The predicted molar refractivity (Wildman–Crippen MR) is 64.1 cm³/mol. The van der Waals surface area contributed by atoms with E-state index in [4.69, 9.17) is 5.73 Å². The second kappa shape index (κ2) is 7.17. The van der Waals surface area contributed by atoms with Gasteiger partial charge in [-0.05, 0) is 25.5 Å². The summed E-state index contributed by atoms with van der Waals surface area (Å²) in [5.41, 5.74) is 6.27. The summed E-state index contributed by atoms with van der Waals surface area (Å²) < 4.78 is 1.73. The molecule has 0 aliphatic carbocycles. The molecule has 0 aliphatic rings. The van der Waals surface area contributed by atoms with Gasteiger partial charge in [-0.25, -0.2) is 0 Å². The number of aryl methyl sites for hydroxylation is 1. The van der Waals surface area contributed by atoms with Crippen molar-refractivity contribution >= 4 is 5.78 Å². The van der Waals surface area contributed by atoms with Crippen molar-refractivity contribution in [2.24, 2.45) is 12.8 Å². The fraction of sp³-hybridized carbons (Fsp3) is 0.667. The van der Waals surface area contributed by atoms with Gasteiger partial charge in [-0.1, -0.05) is 12.8 Å². The molecule has 0 saturated heterocycles. The van der Waals surface area contributed by atoms with E-state index < -0.39 is 0 Å². The lowest BCUT2D eigenvalue weighted by Gasteiger charge is -1.99. The Hall–Kier alpha value is -1.16. The largest absolute Gasteiger partial charge is 0.330 e. The first kappa shape index (κ1) is 12.9. The third-order valence-electron chi connectivity index (χ3n) is 2.56. The Morgan fingerprint density at radius 3 is 2.75 bits per heavy atom. The number of nitrogens with zero attached hydrogens (tertiary/aromatic N) is 2. The van der Waals surface area contributed by atoms with Gasteiger partial charge in [-0.15, -0.1) is 0 Å². The van der Waals surface area contributed by atoms with Gasteiger partial charge in [0.2, 0.25) is 0 Å². The Bertz CT molecular complexity index is 320. The van der Waals surface area contributed by atoms with E-state index in [1.165, 1.54) is 0 Å². The molecule has 1 aromatic heterocycles. The second-order valence-electron chi connectivity index (χ2n) is 4.15. The second-order valence-corrected chi connectivity index (χ2v) is 4.15. The normalized spacial score (nSPS) is 10.6. The topological polar surface area (TPSA) is 60.9 Å². The summed E-state index contributed by atoms with van der Waals surface area (Å²) in [4.78, 5) is 11.6. The van der Waals surface area contributed by atoms with Crippen LogP contribution >= 0.6 is 0 Å². The molecule has 0 aromatic carbocycles. The van der Waals surface area contributed by atoms with Crippen LogP contribution < -0.4 is 5.73 Å². The number of rotatable bonds is 8. The molecule has 0 amide bonds. The summed E-state index contributed by atoms with van der Waals surface area (Å²) in [6, 6.07) is 1.90. The summed E-state index contributed by atoms with van der Waals surface area (Å²) in [6.45, 7) is 0.752. The monoisotopic (exact) mass is 223 g/mol. The third kappa shape index (κ3) is 5.07. The standard InChI is InChI=1S/C12H21N3O/c1-15-9-7-11(14-15)10-12(16)6-4-2-3-5-8-13/h7,9H,2-6,8,10,13H2,1H3. The van der Waals surface area contributed by atoms with Crippen LogP contribution in [0.5, 0.6) is 0 Å². The zero-order valence-electron chi connectivity index (χ0n) is 9.98. The number of Topliss-reactive ketones (excluding diaryl/α,β-unsaturated/α-hetero) is 1. The highest BCUT2D eigenvalue weighted by molar-refractivity contribution is 5.80. The van der Waals surface area contributed by atoms with E-state index in [-0.39, 0.29) is 5.78 Å². The molecule has 0 aliphatic heterocycles. The minimum atomic E-state index is 0.284. The molecule has 4 heteroatoms. The molecule has 1 rings (SSSR count). The van der Waals surface area contributed by atoms with Crippen molar-refractivity contribution in [3.63, 3.8) is 0 Å². The number of carbonyl (C=O) groups is 1. The number of unbranched alkanes of at least 4 members (excludes halogenated alkanes) is 3. The lowest BCUT2D eigenvalue weighted by atomic mass is 10.1. The van der Waals surface area contributed by atoms with Crippen molar-refractivity contribution in [1.82, 2.24) is 9.78 Å². The average Bonchev–Trinajstić information content (AvgIpc) is 2.63. The fourth-order valence-electron chi connectivity index (χ4n) is 1.67. The zero-order valence-corrected chi connectivity index (χ0v) is 9.98. The quantitative estimate of drug-likeness (QED) is 0.678. The van der Waals surface area contributed by atoms with E-state index >= 15 is 0 Å². The van der Waals surface area contributed by atoms with Crippen LogP contribution in [0.15, 0.2) is 12.3 Å². The van der Waals surface area contributed by atoms with Gasteiger partial charge in [0.1, 0.15) is 5.78 Å². The minimum absolute atomic E-state index is 0.284. The van der Waals surface area contributed by atoms with Crippen molar-refractivity contribution in [3.8, 4) is 0 Å². The van der Waals surface area contributed by atoms with E-state index in [9.17, 15) is 4.79 Å². The first-order chi connectivity index (χ1) is 7.72. The number of carbonyl (C=O) groups excluding carboxylic acids is 1. The molecule has 0 fully saturated rings. The van der Waals surface area contributed by atoms with Crippen molar-refractivity contribution in [3.05, 3.63) is 18.0 Å². The van der Waals surface area contributed by atoms with Crippen molar-refractivity contribution in [2.75, 3.05) is 6.54 Å². The van der Waals surface area contributed by atoms with E-state index in [0.29, 0.717) is 12.8 Å². The Morgan fingerprint density at radius 1 is 1.38 bits per heavy atom. The van der Waals surface area contributed by atoms with Crippen LogP contribution in [0.1, 0.15) is 37.8 Å². The molecule has 0 saturated carbocycles. The van der Waals surface area contributed by atoms with Crippen LogP contribution in [-0.2, 0) is 18.3 Å². The molecule has 1 aromatic rings. The number of ketones is 1. The SMILES string of the molecule is Cn1ccc(CC(=O)CCCCCCN)n1. The summed E-state index contributed by atoms with van der Waals surface area (Å²) in [5.74, 6) is 0.284. The first-order valence-electron chi connectivity index (χ1n) is 5.92. The van der Waals surface area contributed by atoms with Gasteiger partial charge in [-0.3, -0.25) is 9.48 Å². The molecular weight excluding hydrogens is 202 g/mol. The van der Waals surface area contributed by atoms with Gasteiger partial charge < -0.3 is 5.73 Å². The van der Waals surface area contributed by atoms with E-state index in [1.807, 2.05) is 19.3 Å². The minimum Gasteiger partial charge on any atom is -0.330 e. The number of aromatic nitrogens is 2. The maximum atomic E-state index is 11.6. The fourth-order valence-corrected chi connectivity index (χ4v) is 1.67. The highest BCUT2D eigenvalue weighted by Gasteiger charge is 2.05. The third-order valence-corrected chi connectivity index (χ3v) is 2.56. The molecule has 16 heavy (non-hydrogen) atoms. The summed E-state index contributed by atoms with van der Waals surface area (Å²) >= 11 is 0. The van der Waals surface area contributed by atoms with Gasteiger partial charge in [0.05, 0.1) is 12.1 Å². The number of nitrogens with two attached hydrogens (primary N) is 1. The van der Waals surface area contributed by atoms with Crippen LogP contribution in [0.2, 0.25) is 0 Å². The summed E-state index contributed by atoms with van der Waals surface area (Å²) in [6.07, 6.45) is 7.28. The maximum absolute atomic E-state index is 11.6. The molecule has 0 atom stereocenters. The molecule has 0 unspecified atom stereocenters. The van der Waals surface area contributed by atoms with Crippen LogP contribution in [0, 0.1) is 0 Å². The smallest absolute Gasteiger partial charge is 0.138 e. The molecule has 2 N–H and O–H groups in total. The van der Waals surface area contributed by atoms with E-state index in [2.05, 4.69) is 5.10 Å². The summed E-state index contributed by atoms with van der Waals surface area (Å²) in [7, 11) is 1.86. The van der Waals surface area contributed by atoms with Crippen LogP contribution in [0.3, 0.4) is 0 Å². The average molecular weight is 223 g/mol. The predicted octanol–water partition coefficient (Wildman–Crippen LogP) is 1.44. The maximum Gasteiger partial charge on any atom is 0.138 e.